The van der Waals surface area contributed by atoms with E-state index in [0.717, 1.165) is 5.56 Å². The van der Waals surface area contributed by atoms with Gasteiger partial charge in [0.2, 0.25) is 10.0 Å². The molecule has 0 amide bonds. The van der Waals surface area contributed by atoms with Crippen LogP contribution in [0.15, 0.2) is 47.4 Å². The van der Waals surface area contributed by atoms with E-state index >= 15 is 0 Å². The van der Waals surface area contributed by atoms with Crippen LogP contribution in [-0.2, 0) is 16.6 Å². The standard InChI is InChI=1S/C15H14FN3O2S/c1-18-22(20,21)12-7-5-11(6-8-12)10-19-15-4-2-3-14(16)13(15)9-17/h2-8,18-19H,10H2,1H3. The Labute approximate surface area is 128 Å². The van der Waals surface area contributed by atoms with Crippen LogP contribution in [0.4, 0.5) is 10.1 Å². The summed E-state index contributed by atoms with van der Waals surface area (Å²) < 4.78 is 38.9. The van der Waals surface area contributed by atoms with Gasteiger partial charge < -0.3 is 5.32 Å². The molecule has 0 aromatic heterocycles. The first-order valence-corrected chi connectivity index (χ1v) is 7.91. The van der Waals surface area contributed by atoms with Crippen LogP contribution in [0, 0.1) is 17.1 Å². The number of nitriles is 1. The predicted octanol–water partition coefficient (Wildman–Crippen LogP) is 2.22. The van der Waals surface area contributed by atoms with Gasteiger partial charge in [0.1, 0.15) is 17.4 Å². The lowest BCUT2D eigenvalue weighted by Gasteiger charge is -2.09. The maximum Gasteiger partial charge on any atom is 0.240 e. The molecule has 0 bridgehead atoms. The third-order valence-electron chi connectivity index (χ3n) is 3.11. The van der Waals surface area contributed by atoms with Crippen LogP contribution in [-0.4, -0.2) is 15.5 Å². The van der Waals surface area contributed by atoms with Crippen molar-refractivity contribution >= 4 is 15.7 Å². The Kier molecular flexibility index (Phi) is 4.75. The second-order valence-electron chi connectivity index (χ2n) is 4.48. The zero-order valence-electron chi connectivity index (χ0n) is 11.8. The van der Waals surface area contributed by atoms with Crippen LogP contribution in [0.3, 0.4) is 0 Å². The summed E-state index contributed by atoms with van der Waals surface area (Å²) in [6.45, 7) is 0.345. The van der Waals surface area contributed by atoms with Crippen LogP contribution >= 0.6 is 0 Å². The van der Waals surface area contributed by atoms with E-state index in [1.165, 1.54) is 31.3 Å². The zero-order chi connectivity index (χ0) is 16.2. The molecule has 0 aliphatic rings. The minimum absolute atomic E-state index is 0.0446. The summed E-state index contributed by atoms with van der Waals surface area (Å²) in [7, 11) is -2.12. The minimum atomic E-state index is -3.46. The number of hydrogen-bond acceptors (Lipinski definition) is 4. The first-order valence-electron chi connectivity index (χ1n) is 6.43. The van der Waals surface area contributed by atoms with Gasteiger partial charge in [-0.3, -0.25) is 0 Å². The normalized spacial score (nSPS) is 11.0. The number of nitrogens with one attached hydrogen (secondary N) is 2. The van der Waals surface area contributed by atoms with Crippen LogP contribution < -0.4 is 10.0 Å². The van der Waals surface area contributed by atoms with E-state index in [2.05, 4.69) is 10.0 Å². The molecular weight excluding hydrogens is 305 g/mol. The van der Waals surface area contributed by atoms with Crippen molar-refractivity contribution in [3.63, 3.8) is 0 Å². The largest absolute Gasteiger partial charge is 0.380 e. The first-order chi connectivity index (χ1) is 10.5. The SMILES string of the molecule is CNS(=O)(=O)c1ccc(CNc2cccc(F)c2C#N)cc1. The quantitative estimate of drug-likeness (QED) is 0.885. The van der Waals surface area contributed by atoms with Crippen molar-refractivity contribution in [1.29, 1.82) is 5.26 Å². The van der Waals surface area contributed by atoms with Crippen LogP contribution in [0.5, 0.6) is 0 Å². The van der Waals surface area contributed by atoms with Crippen molar-refractivity contribution in [2.45, 2.75) is 11.4 Å². The van der Waals surface area contributed by atoms with Gasteiger partial charge in [-0.25, -0.2) is 17.5 Å². The monoisotopic (exact) mass is 319 g/mol. The highest BCUT2D eigenvalue weighted by Crippen LogP contribution is 2.19. The molecule has 5 nitrogen and oxygen atoms in total. The maximum absolute atomic E-state index is 13.5. The number of halogens is 1. The average molecular weight is 319 g/mol. The molecule has 2 aromatic rings. The Hall–Kier alpha value is -2.43. The van der Waals surface area contributed by atoms with Gasteiger partial charge in [-0.05, 0) is 36.9 Å². The van der Waals surface area contributed by atoms with Crippen LogP contribution in [0.2, 0.25) is 0 Å². The fourth-order valence-electron chi connectivity index (χ4n) is 1.89. The summed E-state index contributed by atoms with van der Waals surface area (Å²) in [6.07, 6.45) is 0. The number of nitrogens with zero attached hydrogens (tertiary/aromatic N) is 1. The van der Waals surface area contributed by atoms with Gasteiger partial charge in [0.15, 0.2) is 0 Å². The number of hydrogen-bond donors (Lipinski definition) is 2. The van der Waals surface area contributed by atoms with E-state index in [-0.39, 0.29) is 10.5 Å². The Balaban J connectivity index is 2.14. The van der Waals surface area contributed by atoms with Crippen molar-refractivity contribution in [2.24, 2.45) is 0 Å². The minimum Gasteiger partial charge on any atom is -0.380 e. The molecule has 2 aromatic carbocycles. The molecule has 7 heteroatoms. The van der Waals surface area contributed by atoms with Gasteiger partial charge in [0.25, 0.3) is 0 Å². The van der Waals surface area contributed by atoms with Gasteiger partial charge in [-0.2, -0.15) is 5.26 Å². The van der Waals surface area contributed by atoms with E-state index < -0.39 is 15.8 Å². The average Bonchev–Trinajstić information content (AvgIpc) is 2.53. The molecule has 0 radical (unpaired) electrons. The summed E-state index contributed by atoms with van der Waals surface area (Å²) in [6, 6.07) is 12.4. The molecule has 0 aliphatic carbocycles. The molecule has 0 saturated heterocycles. The molecule has 0 saturated carbocycles. The van der Waals surface area contributed by atoms with E-state index in [1.54, 1.807) is 18.2 Å². The first kappa shape index (κ1) is 15.9. The van der Waals surface area contributed by atoms with Gasteiger partial charge in [-0.1, -0.05) is 18.2 Å². The van der Waals surface area contributed by atoms with Crippen molar-refractivity contribution in [2.75, 3.05) is 12.4 Å². The molecule has 0 unspecified atom stereocenters. The maximum atomic E-state index is 13.5. The molecule has 2 rings (SSSR count). The second-order valence-corrected chi connectivity index (χ2v) is 6.37. The molecular formula is C15H14FN3O2S. The van der Waals surface area contributed by atoms with E-state index in [9.17, 15) is 12.8 Å². The van der Waals surface area contributed by atoms with Crippen LogP contribution in [0.25, 0.3) is 0 Å². The molecule has 0 spiro atoms. The lowest BCUT2D eigenvalue weighted by atomic mass is 10.1. The number of benzene rings is 2. The van der Waals surface area contributed by atoms with Gasteiger partial charge in [0, 0.05) is 6.54 Å². The number of sulfonamides is 1. The van der Waals surface area contributed by atoms with Crippen molar-refractivity contribution in [1.82, 2.24) is 4.72 Å². The topological polar surface area (TPSA) is 82.0 Å². The molecule has 0 atom stereocenters. The Morgan fingerprint density at radius 2 is 1.86 bits per heavy atom. The van der Waals surface area contributed by atoms with E-state index in [0.29, 0.717) is 12.2 Å². The Bertz CT molecular complexity index is 812. The third kappa shape index (κ3) is 3.42. The fraction of sp³-hybridized carbons (Fsp3) is 0.133. The molecule has 2 N–H and O–H groups in total. The lowest BCUT2D eigenvalue weighted by Crippen LogP contribution is -2.18. The van der Waals surface area contributed by atoms with Crippen molar-refractivity contribution < 1.29 is 12.8 Å². The van der Waals surface area contributed by atoms with Crippen molar-refractivity contribution in [3.8, 4) is 6.07 Å². The second kappa shape index (κ2) is 6.56. The highest BCUT2D eigenvalue weighted by atomic mass is 32.2. The smallest absolute Gasteiger partial charge is 0.240 e. The summed E-state index contributed by atoms with van der Waals surface area (Å²) in [5.41, 5.74) is 1.16. The molecule has 22 heavy (non-hydrogen) atoms. The summed E-state index contributed by atoms with van der Waals surface area (Å²) in [5.74, 6) is -0.581. The fourth-order valence-corrected chi connectivity index (χ4v) is 2.62. The highest BCUT2D eigenvalue weighted by Gasteiger charge is 2.11. The molecule has 0 heterocycles. The van der Waals surface area contributed by atoms with Crippen molar-refractivity contribution in [3.05, 3.63) is 59.4 Å². The van der Waals surface area contributed by atoms with Crippen LogP contribution in [0.1, 0.15) is 11.1 Å². The summed E-state index contributed by atoms with van der Waals surface area (Å²) >= 11 is 0. The summed E-state index contributed by atoms with van der Waals surface area (Å²) in [5, 5.41) is 11.9. The number of anilines is 1. The number of rotatable bonds is 5. The van der Waals surface area contributed by atoms with E-state index in [4.69, 9.17) is 5.26 Å². The zero-order valence-corrected chi connectivity index (χ0v) is 12.6. The molecule has 0 fully saturated rings. The highest BCUT2D eigenvalue weighted by molar-refractivity contribution is 7.89. The van der Waals surface area contributed by atoms with Gasteiger partial charge >= 0.3 is 0 Å². The predicted molar refractivity (Wildman–Crippen MR) is 81.1 cm³/mol. The van der Waals surface area contributed by atoms with Gasteiger partial charge in [-0.15, -0.1) is 0 Å². The summed E-state index contributed by atoms with van der Waals surface area (Å²) in [4.78, 5) is 0.169. The lowest BCUT2D eigenvalue weighted by molar-refractivity contribution is 0.588. The Morgan fingerprint density at radius 3 is 2.45 bits per heavy atom. The van der Waals surface area contributed by atoms with E-state index in [1.807, 2.05) is 6.07 Å². The van der Waals surface area contributed by atoms with Gasteiger partial charge in [0.05, 0.1) is 10.6 Å². The molecule has 114 valence electrons. The third-order valence-corrected chi connectivity index (χ3v) is 4.54. The Morgan fingerprint density at radius 1 is 1.18 bits per heavy atom. The molecule has 0 aliphatic heterocycles.